The number of carbonyl (C=O) groups is 3. The number of fused-ring (bicyclic) bond motifs is 1. The minimum Gasteiger partial charge on any atom is -0.494 e. The van der Waals surface area contributed by atoms with Gasteiger partial charge in [-0.2, -0.15) is 0 Å². The molecule has 9 heteroatoms. The standard InChI is InChI=1S/C38H46O9/c1-4-42-37(40)15-11-21-45-34-14-10-13-28(33(34)17-19-38(41)43-5-2)12-8-6-7-9-20-44-32-23-30(27(3)39)22-31(24-32)29-16-18-35-36(25-29)47-26-46-35/h10,13-14,16,18,22-25H,4-9,11-12,15,17,19-21,26H2,1-3H3. The van der Waals surface area contributed by atoms with Crippen LogP contribution in [0, 0.1) is 0 Å². The topological polar surface area (TPSA) is 107 Å². The number of ketones is 1. The number of rotatable bonds is 20. The predicted octanol–water partition coefficient (Wildman–Crippen LogP) is 7.68. The van der Waals surface area contributed by atoms with Crippen LogP contribution in [0.2, 0.25) is 0 Å². The molecule has 0 spiro atoms. The summed E-state index contributed by atoms with van der Waals surface area (Å²) in [6, 6.07) is 17.4. The largest absolute Gasteiger partial charge is 0.494 e. The summed E-state index contributed by atoms with van der Waals surface area (Å²) < 4.78 is 33.3. The van der Waals surface area contributed by atoms with Crippen LogP contribution in [-0.2, 0) is 31.9 Å². The maximum atomic E-state index is 12.2. The average Bonchev–Trinajstić information content (AvgIpc) is 3.54. The van der Waals surface area contributed by atoms with Crippen LogP contribution in [0.4, 0.5) is 0 Å². The number of carbonyl (C=O) groups excluding carboxylic acids is 3. The van der Waals surface area contributed by atoms with Crippen LogP contribution in [0.1, 0.15) is 87.2 Å². The molecule has 0 N–H and O–H groups in total. The molecule has 0 saturated carbocycles. The third-order valence-corrected chi connectivity index (χ3v) is 7.83. The highest BCUT2D eigenvalue weighted by Crippen LogP contribution is 2.37. The van der Waals surface area contributed by atoms with E-state index < -0.39 is 0 Å². The van der Waals surface area contributed by atoms with Crippen molar-refractivity contribution >= 4 is 17.7 Å². The van der Waals surface area contributed by atoms with Gasteiger partial charge in [-0.1, -0.05) is 31.0 Å². The van der Waals surface area contributed by atoms with E-state index in [1.807, 2.05) is 42.5 Å². The summed E-state index contributed by atoms with van der Waals surface area (Å²) in [7, 11) is 0. The molecule has 0 saturated heterocycles. The van der Waals surface area contributed by atoms with Crippen molar-refractivity contribution < 1.29 is 42.8 Å². The fourth-order valence-electron chi connectivity index (χ4n) is 5.45. The maximum Gasteiger partial charge on any atom is 0.306 e. The van der Waals surface area contributed by atoms with E-state index in [9.17, 15) is 14.4 Å². The Kier molecular flexibility index (Phi) is 14.0. The third-order valence-electron chi connectivity index (χ3n) is 7.83. The van der Waals surface area contributed by atoms with E-state index in [2.05, 4.69) is 6.07 Å². The first-order valence-electron chi connectivity index (χ1n) is 16.6. The van der Waals surface area contributed by atoms with Crippen molar-refractivity contribution in [1.82, 2.24) is 0 Å². The number of Topliss-reactive ketones (excluding diaryl/α,β-unsaturated/α-hetero) is 1. The molecule has 0 atom stereocenters. The van der Waals surface area contributed by atoms with E-state index in [4.69, 9.17) is 28.4 Å². The molecule has 3 aromatic rings. The summed E-state index contributed by atoms with van der Waals surface area (Å²) in [5.74, 6) is 2.33. The molecule has 0 aromatic heterocycles. The Balaban J connectivity index is 1.28. The van der Waals surface area contributed by atoms with Gasteiger partial charge in [0.2, 0.25) is 6.79 Å². The predicted molar refractivity (Wildman–Crippen MR) is 178 cm³/mol. The number of unbranched alkanes of at least 4 members (excludes halogenated alkanes) is 3. The van der Waals surface area contributed by atoms with Crippen molar-refractivity contribution in [2.75, 3.05) is 33.2 Å². The van der Waals surface area contributed by atoms with E-state index in [1.54, 1.807) is 26.8 Å². The lowest BCUT2D eigenvalue weighted by Gasteiger charge is -2.16. The van der Waals surface area contributed by atoms with Gasteiger partial charge in [-0.05, 0) is 112 Å². The molecule has 0 fully saturated rings. The smallest absolute Gasteiger partial charge is 0.306 e. The van der Waals surface area contributed by atoms with Crippen LogP contribution in [0.15, 0.2) is 54.6 Å². The second-order valence-electron chi connectivity index (χ2n) is 11.3. The van der Waals surface area contributed by atoms with Crippen molar-refractivity contribution in [3.8, 4) is 34.1 Å². The Bertz CT molecular complexity index is 1500. The molecular formula is C38H46O9. The van der Waals surface area contributed by atoms with Crippen molar-refractivity contribution in [2.24, 2.45) is 0 Å². The molecule has 1 aliphatic heterocycles. The highest BCUT2D eigenvalue weighted by atomic mass is 16.7. The monoisotopic (exact) mass is 646 g/mol. The first-order chi connectivity index (χ1) is 22.9. The van der Waals surface area contributed by atoms with Gasteiger partial charge in [-0.3, -0.25) is 14.4 Å². The normalized spacial score (nSPS) is 11.6. The molecule has 0 amide bonds. The second-order valence-corrected chi connectivity index (χ2v) is 11.3. The Morgan fingerprint density at radius 1 is 0.702 bits per heavy atom. The van der Waals surface area contributed by atoms with Crippen molar-refractivity contribution in [2.45, 2.75) is 78.6 Å². The van der Waals surface area contributed by atoms with Crippen LogP contribution in [-0.4, -0.2) is 50.9 Å². The molecule has 1 heterocycles. The van der Waals surface area contributed by atoms with Crippen LogP contribution in [0.25, 0.3) is 11.1 Å². The molecule has 4 rings (SSSR count). The number of benzene rings is 3. The summed E-state index contributed by atoms with van der Waals surface area (Å²) in [6.07, 6.45) is 6.39. The van der Waals surface area contributed by atoms with E-state index in [0.29, 0.717) is 68.5 Å². The lowest BCUT2D eigenvalue weighted by atomic mass is 9.96. The van der Waals surface area contributed by atoms with E-state index in [1.165, 1.54) is 0 Å². The van der Waals surface area contributed by atoms with Gasteiger partial charge in [0.05, 0.1) is 26.4 Å². The van der Waals surface area contributed by atoms with Gasteiger partial charge in [0.25, 0.3) is 0 Å². The molecule has 0 bridgehead atoms. The zero-order valence-corrected chi connectivity index (χ0v) is 27.8. The molecule has 0 unspecified atom stereocenters. The molecule has 47 heavy (non-hydrogen) atoms. The molecule has 0 radical (unpaired) electrons. The van der Waals surface area contributed by atoms with Crippen molar-refractivity contribution in [3.05, 3.63) is 71.3 Å². The van der Waals surface area contributed by atoms with E-state index >= 15 is 0 Å². The highest BCUT2D eigenvalue weighted by molar-refractivity contribution is 5.96. The molecule has 1 aliphatic rings. The zero-order valence-electron chi connectivity index (χ0n) is 27.8. The summed E-state index contributed by atoms with van der Waals surface area (Å²) in [4.78, 5) is 36.1. The Morgan fingerprint density at radius 3 is 2.23 bits per heavy atom. The summed E-state index contributed by atoms with van der Waals surface area (Å²) in [5, 5.41) is 0. The maximum absolute atomic E-state index is 12.2. The van der Waals surface area contributed by atoms with Crippen LogP contribution in [0.3, 0.4) is 0 Å². The molecule has 9 nitrogen and oxygen atoms in total. The average molecular weight is 647 g/mol. The van der Waals surface area contributed by atoms with E-state index in [0.717, 1.165) is 60.1 Å². The number of hydrogen-bond acceptors (Lipinski definition) is 9. The van der Waals surface area contributed by atoms with Gasteiger partial charge in [0, 0.05) is 18.4 Å². The Hall–Kier alpha value is -4.53. The van der Waals surface area contributed by atoms with Crippen LogP contribution < -0.4 is 18.9 Å². The van der Waals surface area contributed by atoms with Crippen molar-refractivity contribution in [1.29, 1.82) is 0 Å². The van der Waals surface area contributed by atoms with Crippen LogP contribution in [0.5, 0.6) is 23.0 Å². The zero-order chi connectivity index (χ0) is 33.4. The first-order valence-corrected chi connectivity index (χ1v) is 16.6. The van der Waals surface area contributed by atoms with Gasteiger partial charge in [0.1, 0.15) is 11.5 Å². The molecular weight excluding hydrogens is 600 g/mol. The van der Waals surface area contributed by atoms with Gasteiger partial charge >= 0.3 is 11.9 Å². The van der Waals surface area contributed by atoms with Gasteiger partial charge < -0.3 is 28.4 Å². The number of ether oxygens (including phenoxy) is 6. The SMILES string of the molecule is CCOC(=O)CCCOc1cccc(CCCCCCOc2cc(C(C)=O)cc(-c3ccc4c(c3)OCO4)c2)c1CCC(=O)OCC. The molecule has 3 aromatic carbocycles. The minimum atomic E-state index is -0.229. The van der Waals surface area contributed by atoms with E-state index in [-0.39, 0.29) is 30.9 Å². The molecule has 252 valence electrons. The fraction of sp³-hybridized carbons (Fsp3) is 0.447. The number of aryl methyl sites for hydroxylation is 1. The second kappa shape index (κ2) is 18.6. The lowest BCUT2D eigenvalue weighted by Crippen LogP contribution is -2.10. The minimum absolute atomic E-state index is 0.0230. The van der Waals surface area contributed by atoms with Gasteiger partial charge in [-0.15, -0.1) is 0 Å². The quantitative estimate of drug-likeness (QED) is 0.0694. The summed E-state index contributed by atoms with van der Waals surface area (Å²) >= 11 is 0. The molecule has 0 aliphatic carbocycles. The van der Waals surface area contributed by atoms with Gasteiger partial charge in [0.15, 0.2) is 17.3 Å². The summed E-state index contributed by atoms with van der Waals surface area (Å²) in [6.45, 7) is 7.01. The highest BCUT2D eigenvalue weighted by Gasteiger charge is 2.16. The third kappa shape index (κ3) is 11.0. The Morgan fingerprint density at radius 2 is 1.45 bits per heavy atom. The number of esters is 2. The van der Waals surface area contributed by atoms with Crippen molar-refractivity contribution in [3.63, 3.8) is 0 Å². The first kappa shape index (κ1) is 35.3. The lowest BCUT2D eigenvalue weighted by molar-refractivity contribution is -0.144. The number of hydrogen-bond donors (Lipinski definition) is 0. The van der Waals surface area contributed by atoms with Crippen LogP contribution >= 0.6 is 0 Å². The summed E-state index contributed by atoms with van der Waals surface area (Å²) in [5.41, 5.74) is 4.58. The fourth-order valence-corrected chi connectivity index (χ4v) is 5.45. The Labute approximate surface area is 277 Å². The van der Waals surface area contributed by atoms with Gasteiger partial charge in [-0.25, -0.2) is 0 Å².